The van der Waals surface area contributed by atoms with Crippen LogP contribution in [0.25, 0.3) is 11.2 Å². The summed E-state index contributed by atoms with van der Waals surface area (Å²) in [5.41, 5.74) is 1.84. The third-order valence-corrected chi connectivity index (χ3v) is 18.1. The molecule has 0 bridgehead atoms. The van der Waals surface area contributed by atoms with Gasteiger partial charge in [0.15, 0.2) is 28.1 Å². The molecule has 7 nitrogen and oxygen atoms in total. The van der Waals surface area contributed by atoms with Gasteiger partial charge in [0.25, 0.3) is 0 Å². The highest BCUT2D eigenvalue weighted by atomic mass is 28.5. The average molecular weight is 650 g/mol. The van der Waals surface area contributed by atoms with Crippen LogP contribution in [0.3, 0.4) is 0 Å². The summed E-state index contributed by atoms with van der Waals surface area (Å²) in [6.07, 6.45) is 26.3. The number of unbranched alkanes of at least 4 members (excludes halogenated alkanes) is 15. The summed E-state index contributed by atoms with van der Waals surface area (Å²) in [7, 11) is -5.33. The van der Waals surface area contributed by atoms with E-state index in [0.717, 1.165) is 36.5 Å². The van der Waals surface area contributed by atoms with Crippen LogP contribution in [0.2, 0.25) is 51.9 Å². The summed E-state index contributed by atoms with van der Waals surface area (Å²) in [6, 6.07) is 1.20. The first-order chi connectivity index (χ1) is 20.4. The fourth-order valence-electron chi connectivity index (χ4n) is 6.18. The maximum atomic E-state index is 6.66. The van der Waals surface area contributed by atoms with Gasteiger partial charge in [-0.1, -0.05) is 103 Å². The van der Waals surface area contributed by atoms with Gasteiger partial charge in [0.2, 0.25) is 0 Å². The number of nitrogens with zero attached hydrogens (tertiary/aromatic N) is 4. The van der Waals surface area contributed by atoms with E-state index in [0.29, 0.717) is 0 Å². The normalized spacial score (nSPS) is 12.8. The Labute approximate surface area is 268 Å². The predicted molar refractivity (Wildman–Crippen MR) is 193 cm³/mol. The second-order valence-electron chi connectivity index (χ2n) is 14.6. The number of aryl methyl sites for hydroxylation is 1. The molecule has 2 aromatic heterocycles. The van der Waals surface area contributed by atoms with E-state index in [1.807, 2.05) is 6.33 Å². The number of hydrogen-bond donors (Lipinski definition) is 1. The van der Waals surface area contributed by atoms with E-state index >= 15 is 0 Å². The molecular weight excluding hydrogens is 583 g/mol. The van der Waals surface area contributed by atoms with Crippen molar-refractivity contribution < 1.29 is 8.23 Å². The maximum Gasteiger partial charge on any atom is 0.311 e. The molecule has 0 aliphatic carbocycles. The van der Waals surface area contributed by atoms with E-state index in [1.165, 1.54) is 109 Å². The standard InChI is InChI=1S/C33H67N5O2Si3/c1-9-10-11-12-13-14-15-16-17-18-19-20-23-26-34-32-31-33(36-29-35-32)38(30-37-31)27-24-21-22-25-28-42(5,6)40-43(7,8)39-41(2,3)4/h29-30H,9-28H2,1-8H3,(H,34,35,36). The van der Waals surface area contributed by atoms with Gasteiger partial charge >= 0.3 is 8.56 Å². The van der Waals surface area contributed by atoms with Crippen LogP contribution in [0.5, 0.6) is 0 Å². The van der Waals surface area contributed by atoms with Crippen molar-refractivity contribution in [2.45, 2.75) is 174 Å². The molecular formula is C33H67N5O2Si3. The van der Waals surface area contributed by atoms with Crippen LogP contribution < -0.4 is 5.32 Å². The Bertz CT molecular complexity index is 1010. The number of rotatable bonds is 26. The minimum absolute atomic E-state index is 0.874. The number of imidazole rings is 1. The van der Waals surface area contributed by atoms with Gasteiger partial charge in [-0.2, -0.15) is 0 Å². The highest BCUT2D eigenvalue weighted by Gasteiger charge is 2.37. The molecule has 0 spiro atoms. The Hall–Kier alpha value is -1.08. The van der Waals surface area contributed by atoms with Crippen molar-refractivity contribution in [3.63, 3.8) is 0 Å². The summed E-state index contributed by atoms with van der Waals surface area (Å²) in [5.74, 6) is 0.874. The van der Waals surface area contributed by atoms with Crippen molar-refractivity contribution in [2.75, 3.05) is 11.9 Å². The topological polar surface area (TPSA) is 74.1 Å². The van der Waals surface area contributed by atoms with E-state index in [2.05, 4.69) is 77.6 Å². The minimum atomic E-state index is -2.05. The summed E-state index contributed by atoms with van der Waals surface area (Å²) in [6.45, 7) is 20.1. The monoisotopic (exact) mass is 649 g/mol. The Morgan fingerprint density at radius 3 is 1.81 bits per heavy atom. The van der Waals surface area contributed by atoms with E-state index in [1.54, 1.807) is 6.33 Å². The number of aromatic nitrogens is 4. The van der Waals surface area contributed by atoms with Crippen LogP contribution in [-0.4, -0.2) is 51.3 Å². The van der Waals surface area contributed by atoms with Gasteiger partial charge in [-0.05, 0) is 64.7 Å². The second kappa shape index (κ2) is 20.1. The van der Waals surface area contributed by atoms with Crippen LogP contribution in [0.4, 0.5) is 5.82 Å². The fourth-order valence-corrected chi connectivity index (χ4v) is 19.5. The summed E-state index contributed by atoms with van der Waals surface area (Å²) < 4.78 is 15.3. The zero-order chi connectivity index (χ0) is 31.6. The van der Waals surface area contributed by atoms with Crippen LogP contribution >= 0.6 is 0 Å². The molecule has 0 fully saturated rings. The van der Waals surface area contributed by atoms with Crippen LogP contribution in [0, 0.1) is 0 Å². The third-order valence-electron chi connectivity index (χ3n) is 7.98. The van der Waals surface area contributed by atoms with Gasteiger partial charge in [-0.3, -0.25) is 0 Å². The highest BCUT2D eigenvalue weighted by molar-refractivity contribution is 6.87. The van der Waals surface area contributed by atoms with Gasteiger partial charge in [0, 0.05) is 13.1 Å². The second-order valence-corrected chi connectivity index (χ2v) is 27.3. The molecule has 10 heteroatoms. The zero-order valence-corrected chi connectivity index (χ0v) is 32.4. The summed E-state index contributed by atoms with van der Waals surface area (Å²) in [5, 5.41) is 3.53. The average Bonchev–Trinajstić information content (AvgIpc) is 3.32. The molecule has 2 heterocycles. The molecule has 2 aromatic rings. The lowest BCUT2D eigenvalue weighted by molar-refractivity contribution is 0.390. The number of anilines is 1. The van der Waals surface area contributed by atoms with Crippen LogP contribution in [-0.2, 0) is 14.8 Å². The SMILES string of the molecule is CCCCCCCCCCCCCCCNc1ncnc2c1ncn2CCCCCC[Si](C)(C)O[Si](C)(C)O[Si](C)(C)C. The van der Waals surface area contributed by atoms with Crippen molar-refractivity contribution in [1.29, 1.82) is 0 Å². The Kier molecular flexibility index (Phi) is 17.8. The van der Waals surface area contributed by atoms with Gasteiger partial charge in [0.1, 0.15) is 11.8 Å². The molecule has 0 aromatic carbocycles. The number of fused-ring (bicyclic) bond motifs is 1. The molecule has 43 heavy (non-hydrogen) atoms. The van der Waals surface area contributed by atoms with E-state index in [-0.39, 0.29) is 0 Å². The summed E-state index contributed by atoms with van der Waals surface area (Å²) in [4.78, 5) is 13.7. The minimum Gasteiger partial charge on any atom is -0.437 e. The van der Waals surface area contributed by atoms with E-state index in [4.69, 9.17) is 8.23 Å². The molecule has 1 N–H and O–H groups in total. The lowest BCUT2D eigenvalue weighted by Crippen LogP contribution is -2.51. The van der Waals surface area contributed by atoms with Gasteiger partial charge < -0.3 is 18.1 Å². The molecule has 2 rings (SSSR count). The molecule has 0 unspecified atom stereocenters. The van der Waals surface area contributed by atoms with Crippen molar-refractivity contribution in [2.24, 2.45) is 0 Å². The maximum absolute atomic E-state index is 6.66. The highest BCUT2D eigenvalue weighted by Crippen LogP contribution is 2.25. The van der Waals surface area contributed by atoms with Gasteiger partial charge in [-0.15, -0.1) is 0 Å². The molecule has 0 radical (unpaired) electrons. The zero-order valence-electron chi connectivity index (χ0n) is 29.4. The van der Waals surface area contributed by atoms with Crippen LogP contribution in [0.15, 0.2) is 12.7 Å². The van der Waals surface area contributed by atoms with Crippen LogP contribution in [0.1, 0.15) is 116 Å². The number of nitrogens with one attached hydrogen (secondary N) is 1. The molecule has 0 amide bonds. The summed E-state index contributed by atoms with van der Waals surface area (Å²) >= 11 is 0. The smallest absolute Gasteiger partial charge is 0.311 e. The third kappa shape index (κ3) is 17.3. The van der Waals surface area contributed by atoms with Crippen molar-refractivity contribution in [1.82, 2.24) is 19.5 Å². The molecule has 0 saturated carbocycles. The fraction of sp³-hybridized carbons (Fsp3) is 0.848. The Balaban J connectivity index is 1.59. The van der Waals surface area contributed by atoms with Gasteiger partial charge in [0.05, 0.1) is 6.33 Å². The van der Waals surface area contributed by atoms with Gasteiger partial charge in [-0.25, -0.2) is 15.0 Å². The van der Waals surface area contributed by atoms with Crippen molar-refractivity contribution in [3.8, 4) is 0 Å². The predicted octanol–water partition coefficient (Wildman–Crippen LogP) is 10.7. The number of hydrogen-bond acceptors (Lipinski definition) is 6. The first-order valence-corrected chi connectivity index (χ1v) is 27.1. The Morgan fingerprint density at radius 2 is 1.21 bits per heavy atom. The molecule has 0 atom stereocenters. The molecule has 0 aliphatic rings. The first kappa shape index (κ1) is 38.1. The molecule has 0 saturated heterocycles. The molecule has 248 valence electrons. The Morgan fingerprint density at radius 1 is 0.651 bits per heavy atom. The van der Waals surface area contributed by atoms with E-state index < -0.39 is 25.2 Å². The van der Waals surface area contributed by atoms with Crippen molar-refractivity contribution >= 4 is 42.2 Å². The quantitative estimate of drug-likeness (QED) is 0.0807. The molecule has 0 aliphatic heterocycles. The largest absolute Gasteiger partial charge is 0.437 e. The lowest BCUT2D eigenvalue weighted by Gasteiger charge is -2.37. The van der Waals surface area contributed by atoms with E-state index in [9.17, 15) is 0 Å². The lowest BCUT2D eigenvalue weighted by atomic mass is 10.0. The first-order valence-electron chi connectivity index (χ1n) is 17.7. The van der Waals surface area contributed by atoms with Crippen molar-refractivity contribution in [3.05, 3.63) is 12.7 Å².